The third-order valence-electron chi connectivity index (χ3n) is 8.17. The summed E-state index contributed by atoms with van der Waals surface area (Å²) in [5.41, 5.74) is -8.03. The van der Waals surface area contributed by atoms with Crippen molar-refractivity contribution in [1.29, 1.82) is 0 Å². The summed E-state index contributed by atoms with van der Waals surface area (Å²) in [5, 5.41) is 3.03. The number of benzene rings is 6. The second-order valence-corrected chi connectivity index (χ2v) is 14.3. The maximum atomic E-state index is 14.4. The van der Waals surface area contributed by atoms with E-state index in [2.05, 4.69) is 0 Å². The molecule has 278 valence electrons. The molecule has 0 spiro atoms. The van der Waals surface area contributed by atoms with Gasteiger partial charge in [-0.2, -0.15) is 0 Å². The van der Waals surface area contributed by atoms with Crippen molar-refractivity contribution in [3.63, 3.8) is 0 Å². The summed E-state index contributed by atoms with van der Waals surface area (Å²) in [6.45, 7) is -3.96. The molecule has 0 fully saturated rings. The van der Waals surface area contributed by atoms with Crippen LogP contribution in [0.5, 0.6) is 0 Å². The SMILES string of the molecule is Fc1c(F)c(F)c(B(c2c(F)c(F)c(F)c(F)c2F)c2c(F)c(F)c(F)c(F)c2F)c(F)c1F.O[Si](c1ccccc1)(c1ccccc1)c1ccccc1. The zero-order valence-corrected chi connectivity index (χ0v) is 27.4. The van der Waals surface area contributed by atoms with Gasteiger partial charge in [0.15, 0.2) is 87.3 Å². The van der Waals surface area contributed by atoms with Crippen LogP contribution in [0, 0.1) is 87.3 Å². The van der Waals surface area contributed by atoms with Gasteiger partial charge in [-0.25, -0.2) is 65.9 Å². The third-order valence-corrected chi connectivity index (χ3v) is 11.7. The van der Waals surface area contributed by atoms with E-state index in [0.29, 0.717) is 0 Å². The summed E-state index contributed by atoms with van der Waals surface area (Å²) in [4.78, 5) is 11.6. The lowest BCUT2D eigenvalue weighted by Crippen LogP contribution is -2.67. The largest absolute Gasteiger partial charge is 0.421 e. The maximum absolute atomic E-state index is 14.4. The van der Waals surface area contributed by atoms with Crippen LogP contribution in [0.15, 0.2) is 91.0 Å². The Morgan fingerprint density at radius 2 is 0.444 bits per heavy atom. The molecule has 18 heteroatoms. The predicted molar refractivity (Wildman–Crippen MR) is 170 cm³/mol. The van der Waals surface area contributed by atoms with Crippen molar-refractivity contribution in [1.82, 2.24) is 0 Å². The first-order valence-corrected chi connectivity index (χ1v) is 16.9. The van der Waals surface area contributed by atoms with Gasteiger partial charge in [-0.1, -0.05) is 91.0 Å². The Hall–Kier alpha value is -5.49. The molecule has 0 atom stereocenters. The average molecular weight is 788 g/mol. The van der Waals surface area contributed by atoms with Crippen LogP contribution in [0.4, 0.5) is 65.9 Å². The van der Waals surface area contributed by atoms with Crippen LogP contribution >= 0.6 is 0 Å². The van der Waals surface area contributed by atoms with Gasteiger partial charge in [-0.05, 0) is 15.6 Å². The highest BCUT2D eigenvalue weighted by atomic mass is 28.4. The first kappa shape index (κ1) is 39.7. The highest BCUT2D eigenvalue weighted by molar-refractivity contribution is 7.06. The Kier molecular flexibility index (Phi) is 11.4. The molecule has 1 nitrogen and oxygen atoms in total. The molecule has 1 N–H and O–H groups in total. The first-order valence-electron chi connectivity index (χ1n) is 14.9. The molecule has 0 saturated carbocycles. The summed E-state index contributed by atoms with van der Waals surface area (Å²) in [6, 6.07) is 30.0. The number of hydrogen-bond acceptors (Lipinski definition) is 1. The molecule has 0 heterocycles. The molecular formula is C36H16BF15OSi. The van der Waals surface area contributed by atoms with Gasteiger partial charge in [0.2, 0.25) is 0 Å². The van der Waals surface area contributed by atoms with Crippen LogP contribution in [-0.4, -0.2) is 19.8 Å². The van der Waals surface area contributed by atoms with Gasteiger partial charge in [-0.15, -0.1) is 0 Å². The van der Waals surface area contributed by atoms with E-state index in [1.807, 2.05) is 91.0 Å². The summed E-state index contributed by atoms with van der Waals surface area (Å²) in [7, 11) is -2.88. The van der Waals surface area contributed by atoms with E-state index in [4.69, 9.17) is 0 Å². The van der Waals surface area contributed by atoms with Gasteiger partial charge in [0, 0.05) is 16.4 Å². The maximum Gasteiger partial charge on any atom is 0.285 e. The van der Waals surface area contributed by atoms with E-state index in [1.54, 1.807) is 0 Å². The highest BCUT2D eigenvalue weighted by Crippen LogP contribution is 2.23. The topological polar surface area (TPSA) is 20.2 Å². The molecule has 6 aromatic carbocycles. The van der Waals surface area contributed by atoms with Crippen LogP contribution in [0.3, 0.4) is 0 Å². The second kappa shape index (κ2) is 15.5. The van der Waals surface area contributed by atoms with Gasteiger partial charge in [0.05, 0.1) is 0 Å². The van der Waals surface area contributed by atoms with E-state index in [-0.39, 0.29) is 0 Å². The van der Waals surface area contributed by atoms with E-state index >= 15 is 0 Å². The van der Waals surface area contributed by atoms with Gasteiger partial charge in [0.25, 0.3) is 15.0 Å². The van der Waals surface area contributed by atoms with Crippen molar-refractivity contribution < 1.29 is 70.7 Å². The molecule has 0 aliphatic carbocycles. The highest BCUT2D eigenvalue weighted by Gasteiger charge is 2.45. The molecule has 0 radical (unpaired) electrons. The smallest absolute Gasteiger partial charge is 0.285 e. The Labute approximate surface area is 295 Å². The minimum absolute atomic E-state index is 1.01. The summed E-state index contributed by atoms with van der Waals surface area (Å²) in [5.74, 6) is -45.2. The van der Waals surface area contributed by atoms with Gasteiger partial charge >= 0.3 is 0 Å². The van der Waals surface area contributed by atoms with Crippen molar-refractivity contribution in [3.05, 3.63) is 178 Å². The Bertz CT molecular complexity index is 2020. The molecule has 54 heavy (non-hydrogen) atoms. The third kappa shape index (κ3) is 6.63. The van der Waals surface area contributed by atoms with Crippen molar-refractivity contribution in [2.45, 2.75) is 0 Å². The van der Waals surface area contributed by atoms with Crippen LogP contribution in [0.1, 0.15) is 0 Å². The first-order chi connectivity index (χ1) is 25.5. The van der Waals surface area contributed by atoms with Crippen molar-refractivity contribution in [2.24, 2.45) is 0 Å². The zero-order chi connectivity index (χ0) is 39.8. The van der Waals surface area contributed by atoms with Crippen molar-refractivity contribution >= 4 is 47.0 Å². The predicted octanol–water partition coefficient (Wildman–Crippen LogP) is 5.94. The quantitative estimate of drug-likeness (QED) is 0.0730. The van der Waals surface area contributed by atoms with Gasteiger partial charge < -0.3 is 4.80 Å². The zero-order valence-electron chi connectivity index (χ0n) is 26.4. The van der Waals surface area contributed by atoms with Crippen LogP contribution in [0.25, 0.3) is 0 Å². The average Bonchev–Trinajstić information content (AvgIpc) is 3.20. The lowest BCUT2D eigenvalue weighted by Gasteiger charge is -2.26. The molecule has 0 amide bonds. The summed E-state index contributed by atoms with van der Waals surface area (Å²) >= 11 is 0. The summed E-state index contributed by atoms with van der Waals surface area (Å²) < 4.78 is 209. The molecule has 0 bridgehead atoms. The standard InChI is InChI=1S/C18BF15.C18H16OSi/c20-4-1(5(21)11(27)16(32)10(4)26)19(2-6(22)12(28)17(33)13(29)7(2)23)3-8(24)14(30)18(34)15(31)9(3)25;19-20(16-10-4-1-5-11-16,17-12-6-2-7-13-17)18-14-8-3-9-15-18/h;1-15,19H. The number of hydrogen-bond donors (Lipinski definition) is 1. The molecule has 0 saturated heterocycles. The minimum Gasteiger partial charge on any atom is -0.421 e. The normalized spacial score (nSPS) is 11.3. The fourth-order valence-corrected chi connectivity index (χ4v) is 8.62. The fraction of sp³-hybridized carbons (Fsp3) is 0. The van der Waals surface area contributed by atoms with Crippen LogP contribution in [0.2, 0.25) is 0 Å². The number of halogens is 15. The molecule has 0 aliphatic heterocycles. The molecule has 0 aromatic heterocycles. The Morgan fingerprint density at radius 3 is 0.630 bits per heavy atom. The molecule has 6 rings (SSSR count). The lowest BCUT2D eigenvalue weighted by atomic mass is 9.36. The number of rotatable bonds is 6. The summed E-state index contributed by atoms with van der Waals surface area (Å²) in [6.07, 6.45) is 0. The molecule has 0 unspecified atom stereocenters. The van der Waals surface area contributed by atoms with Gasteiger partial charge in [0.1, 0.15) is 0 Å². The lowest BCUT2D eigenvalue weighted by molar-refractivity contribution is 0.380. The van der Waals surface area contributed by atoms with E-state index in [1.165, 1.54) is 0 Å². The van der Waals surface area contributed by atoms with E-state index in [9.17, 15) is 70.7 Å². The second-order valence-electron chi connectivity index (χ2n) is 11.2. The molecular weight excluding hydrogens is 772 g/mol. The Balaban J connectivity index is 0.000000237. The van der Waals surface area contributed by atoms with Crippen molar-refractivity contribution in [2.75, 3.05) is 0 Å². The van der Waals surface area contributed by atoms with E-state index < -0.39 is 119 Å². The van der Waals surface area contributed by atoms with Crippen LogP contribution < -0.4 is 31.9 Å². The molecule has 0 aliphatic rings. The van der Waals surface area contributed by atoms with Crippen LogP contribution in [-0.2, 0) is 0 Å². The monoisotopic (exact) mass is 788 g/mol. The van der Waals surface area contributed by atoms with Crippen molar-refractivity contribution in [3.8, 4) is 0 Å². The Morgan fingerprint density at radius 1 is 0.278 bits per heavy atom. The van der Waals surface area contributed by atoms with Gasteiger partial charge in [-0.3, -0.25) is 0 Å². The molecule has 6 aromatic rings. The fourth-order valence-electron chi connectivity index (χ4n) is 5.60. The van der Waals surface area contributed by atoms with E-state index in [0.717, 1.165) is 15.6 Å². The minimum atomic E-state index is -3.96.